The van der Waals surface area contributed by atoms with E-state index < -0.39 is 0 Å². The summed E-state index contributed by atoms with van der Waals surface area (Å²) in [6.45, 7) is 6.32. The number of hydrogen-bond donors (Lipinski definition) is 1. The summed E-state index contributed by atoms with van der Waals surface area (Å²) in [5.41, 5.74) is 4.34. The first kappa shape index (κ1) is 14.8. The molecule has 1 fully saturated rings. The molecule has 1 N–H and O–H groups in total. The lowest BCUT2D eigenvalue weighted by Gasteiger charge is -2.07. The van der Waals surface area contributed by atoms with Crippen LogP contribution in [0.2, 0.25) is 0 Å². The Morgan fingerprint density at radius 3 is 2.50 bits per heavy atom. The van der Waals surface area contributed by atoms with Crippen LogP contribution in [0.1, 0.15) is 48.9 Å². The molecule has 3 nitrogen and oxygen atoms in total. The van der Waals surface area contributed by atoms with Crippen molar-refractivity contribution in [2.45, 2.75) is 39.0 Å². The van der Waals surface area contributed by atoms with Gasteiger partial charge < -0.3 is 5.32 Å². The van der Waals surface area contributed by atoms with Gasteiger partial charge in [0.1, 0.15) is 0 Å². The standard InChI is InChI=1S/C19H22N2O/c1-12(2)14-5-7-15(8-6-14)17-10-18(17)19(22)21-16-9-4-13(3)20-11-16/h4-9,11-12,17-18H,10H2,1-3H3,(H,21,22). The van der Waals surface area contributed by atoms with Crippen molar-refractivity contribution in [1.29, 1.82) is 0 Å². The third-order valence-electron chi connectivity index (χ3n) is 4.34. The summed E-state index contributed by atoms with van der Waals surface area (Å²) in [7, 11) is 0. The lowest BCUT2D eigenvalue weighted by atomic mass is 10.00. The van der Waals surface area contributed by atoms with E-state index in [1.54, 1.807) is 6.20 Å². The van der Waals surface area contributed by atoms with Gasteiger partial charge in [0.25, 0.3) is 0 Å². The van der Waals surface area contributed by atoms with Crippen LogP contribution in [-0.2, 0) is 4.79 Å². The summed E-state index contributed by atoms with van der Waals surface area (Å²) >= 11 is 0. The van der Waals surface area contributed by atoms with Crippen molar-refractivity contribution in [3.63, 3.8) is 0 Å². The van der Waals surface area contributed by atoms with Gasteiger partial charge in [-0.3, -0.25) is 9.78 Å². The minimum atomic E-state index is 0.0891. The first-order valence-corrected chi connectivity index (χ1v) is 7.88. The predicted molar refractivity (Wildman–Crippen MR) is 89.0 cm³/mol. The van der Waals surface area contributed by atoms with E-state index in [0.29, 0.717) is 11.8 Å². The second kappa shape index (κ2) is 5.91. The molecule has 0 bridgehead atoms. The lowest BCUT2D eigenvalue weighted by molar-refractivity contribution is -0.117. The van der Waals surface area contributed by atoms with E-state index in [0.717, 1.165) is 17.8 Å². The van der Waals surface area contributed by atoms with Crippen molar-refractivity contribution in [3.8, 4) is 0 Å². The third-order valence-corrected chi connectivity index (χ3v) is 4.34. The molecule has 1 aliphatic carbocycles. The number of carbonyl (C=O) groups is 1. The molecule has 1 aromatic carbocycles. The van der Waals surface area contributed by atoms with Crippen molar-refractivity contribution >= 4 is 11.6 Å². The zero-order valence-corrected chi connectivity index (χ0v) is 13.3. The minimum Gasteiger partial charge on any atom is -0.324 e. The lowest BCUT2D eigenvalue weighted by Crippen LogP contribution is -2.14. The van der Waals surface area contributed by atoms with E-state index in [9.17, 15) is 4.79 Å². The first-order chi connectivity index (χ1) is 10.5. The molecular weight excluding hydrogens is 272 g/mol. The Balaban J connectivity index is 1.61. The fourth-order valence-corrected chi connectivity index (χ4v) is 2.76. The number of aryl methyl sites for hydroxylation is 1. The van der Waals surface area contributed by atoms with Gasteiger partial charge in [0.15, 0.2) is 0 Å². The monoisotopic (exact) mass is 294 g/mol. The van der Waals surface area contributed by atoms with Crippen LogP contribution in [0.15, 0.2) is 42.6 Å². The van der Waals surface area contributed by atoms with Crippen molar-refractivity contribution in [2.24, 2.45) is 5.92 Å². The van der Waals surface area contributed by atoms with Crippen molar-refractivity contribution in [1.82, 2.24) is 4.98 Å². The fourth-order valence-electron chi connectivity index (χ4n) is 2.76. The van der Waals surface area contributed by atoms with Gasteiger partial charge in [0.05, 0.1) is 11.9 Å². The number of aromatic nitrogens is 1. The molecule has 114 valence electrons. The SMILES string of the molecule is Cc1ccc(NC(=O)C2CC2c2ccc(C(C)C)cc2)cn1. The highest BCUT2D eigenvalue weighted by Gasteiger charge is 2.43. The van der Waals surface area contributed by atoms with Crippen molar-refractivity contribution in [3.05, 3.63) is 59.4 Å². The maximum atomic E-state index is 12.3. The molecule has 2 aromatic rings. The van der Waals surface area contributed by atoms with Gasteiger partial charge in [-0.15, -0.1) is 0 Å². The zero-order chi connectivity index (χ0) is 15.7. The van der Waals surface area contributed by atoms with Crippen LogP contribution in [0.4, 0.5) is 5.69 Å². The summed E-state index contributed by atoms with van der Waals surface area (Å²) < 4.78 is 0. The maximum Gasteiger partial charge on any atom is 0.228 e. The van der Waals surface area contributed by atoms with Gasteiger partial charge in [0.2, 0.25) is 5.91 Å². The molecule has 0 radical (unpaired) electrons. The van der Waals surface area contributed by atoms with Crippen molar-refractivity contribution < 1.29 is 4.79 Å². The zero-order valence-electron chi connectivity index (χ0n) is 13.3. The van der Waals surface area contributed by atoms with E-state index in [1.807, 2.05) is 19.1 Å². The maximum absolute atomic E-state index is 12.3. The molecule has 0 saturated heterocycles. The number of nitrogens with zero attached hydrogens (tertiary/aromatic N) is 1. The molecule has 22 heavy (non-hydrogen) atoms. The summed E-state index contributed by atoms with van der Waals surface area (Å²) in [4.78, 5) is 16.5. The quantitative estimate of drug-likeness (QED) is 0.915. The largest absolute Gasteiger partial charge is 0.324 e. The molecule has 1 amide bonds. The second-order valence-corrected chi connectivity index (χ2v) is 6.45. The summed E-state index contributed by atoms with van der Waals surface area (Å²) in [6, 6.07) is 12.5. The van der Waals surface area contributed by atoms with Crippen LogP contribution in [0.3, 0.4) is 0 Å². The number of nitrogens with one attached hydrogen (secondary N) is 1. The molecule has 1 aliphatic rings. The summed E-state index contributed by atoms with van der Waals surface area (Å²) in [5.74, 6) is 1.09. The molecule has 1 aromatic heterocycles. The molecule has 3 rings (SSSR count). The van der Waals surface area contributed by atoms with Crippen LogP contribution in [0.5, 0.6) is 0 Å². The van der Waals surface area contributed by atoms with E-state index >= 15 is 0 Å². The highest BCUT2D eigenvalue weighted by atomic mass is 16.2. The Morgan fingerprint density at radius 1 is 1.18 bits per heavy atom. The predicted octanol–water partition coefficient (Wildman–Crippen LogP) is 4.26. The van der Waals surface area contributed by atoms with E-state index in [-0.39, 0.29) is 11.8 Å². The Labute approximate surface area is 131 Å². The Bertz CT molecular complexity index is 659. The Morgan fingerprint density at radius 2 is 1.91 bits per heavy atom. The van der Waals surface area contributed by atoms with Gasteiger partial charge in [0, 0.05) is 11.6 Å². The molecule has 0 aliphatic heterocycles. The highest BCUT2D eigenvalue weighted by molar-refractivity contribution is 5.95. The van der Waals surface area contributed by atoms with Gasteiger partial charge in [-0.25, -0.2) is 0 Å². The summed E-state index contributed by atoms with van der Waals surface area (Å²) in [6.07, 6.45) is 2.65. The molecule has 0 spiro atoms. The van der Waals surface area contributed by atoms with E-state index in [1.165, 1.54) is 11.1 Å². The van der Waals surface area contributed by atoms with Crippen LogP contribution in [-0.4, -0.2) is 10.9 Å². The number of amides is 1. The highest BCUT2D eigenvalue weighted by Crippen LogP contribution is 2.48. The van der Waals surface area contributed by atoms with Gasteiger partial charge in [-0.1, -0.05) is 38.1 Å². The smallest absolute Gasteiger partial charge is 0.228 e. The fraction of sp³-hybridized carbons (Fsp3) is 0.368. The molecule has 3 heteroatoms. The van der Waals surface area contributed by atoms with Crippen LogP contribution >= 0.6 is 0 Å². The Hall–Kier alpha value is -2.16. The van der Waals surface area contributed by atoms with Gasteiger partial charge in [-0.2, -0.15) is 0 Å². The molecule has 1 heterocycles. The average molecular weight is 294 g/mol. The van der Waals surface area contributed by atoms with Gasteiger partial charge >= 0.3 is 0 Å². The number of benzene rings is 1. The summed E-state index contributed by atoms with van der Waals surface area (Å²) in [5, 5.41) is 2.96. The van der Waals surface area contributed by atoms with Crippen LogP contribution < -0.4 is 5.32 Å². The average Bonchev–Trinajstić information content (AvgIpc) is 3.30. The first-order valence-electron chi connectivity index (χ1n) is 7.88. The normalized spacial score (nSPS) is 20.0. The Kier molecular flexibility index (Phi) is 3.97. The van der Waals surface area contributed by atoms with Crippen LogP contribution in [0, 0.1) is 12.8 Å². The number of carbonyl (C=O) groups excluding carboxylic acids is 1. The number of anilines is 1. The number of hydrogen-bond acceptors (Lipinski definition) is 2. The van der Waals surface area contributed by atoms with Gasteiger partial charge in [-0.05, 0) is 48.4 Å². The number of rotatable bonds is 4. The molecule has 1 saturated carbocycles. The van der Waals surface area contributed by atoms with Crippen LogP contribution in [0.25, 0.3) is 0 Å². The third kappa shape index (κ3) is 3.19. The second-order valence-electron chi connectivity index (χ2n) is 6.45. The minimum absolute atomic E-state index is 0.0891. The van der Waals surface area contributed by atoms with Crippen molar-refractivity contribution in [2.75, 3.05) is 5.32 Å². The molecular formula is C19H22N2O. The topological polar surface area (TPSA) is 42.0 Å². The van der Waals surface area contributed by atoms with E-state index in [4.69, 9.17) is 0 Å². The molecule has 2 atom stereocenters. The van der Waals surface area contributed by atoms with E-state index in [2.05, 4.69) is 48.4 Å². The molecule has 2 unspecified atom stereocenters. The number of pyridine rings is 1.